The molecule has 0 radical (unpaired) electrons. The fraction of sp³-hybridized carbons (Fsp3) is 0.250. The number of anilines is 1. The summed E-state index contributed by atoms with van der Waals surface area (Å²) < 4.78 is 22.1. The number of hydrogen-bond donors (Lipinski definition) is 1. The Hall–Kier alpha value is -4.34. The molecular formula is C24H25N3O7. The average molecular weight is 467 g/mol. The first-order chi connectivity index (χ1) is 16.4. The summed E-state index contributed by atoms with van der Waals surface area (Å²) in [6.45, 7) is 1.68. The van der Waals surface area contributed by atoms with Crippen LogP contribution in [0.1, 0.15) is 17.3 Å². The summed E-state index contributed by atoms with van der Waals surface area (Å²) in [4.78, 5) is 36.6. The van der Waals surface area contributed by atoms with Crippen LogP contribution in [-0.4, -0.2) is 49.6 Å². The molecule has 10 heteroatoms. The minimum absolute atomic E-state index is 0.272. The van der Waals surface area contributed by atoms with Crippen molar-refractivity contribution < 1.29 is 28.5 Å². The van der Waals surface area contributed by atoms with Crippen LogP contribution in [0.4, 0.5) is 5.69 Å². The third kappa shape index (κ3) is 5.52. The van der Waals surface area contributed by atoms with Crippen LogP contribution in [0.2, 0.25) is 0 Å². The maximum absolute atomic E-state index is 12.5. The van der Waals surface area contributed by atoms with E-state index < -0.39 is 17.4 Å². The number of benzene rings is 2. The number of amides is 1. The van der Waals surface area contributed by atoms with Crippen molar-refractivity contribution in [2.24, 2.45) is 0 Å². The largest absolute Gasteiger partial charge is 0.493 e. The van der Waals surface area contributed by atoms with Crippen LogP contribution in [0.15, 0.2) is 53.3 Å². The molecule has 0 aliphatic rings. The first kappa shape index (κ1) is 24.3. The molecule has 0 unspecified atom stereocenters. The molecule has 1 N–H and O–H groups in total. The van der Waals surface area contributed by atoms with Gasteiger partial charge < -0.3 is 24.3 Å². The van der Waals surface area contributed by atoms with E-state index >= 15 is 0 Å². The van der Waals surface area contributed by atoms with Crippen LogP contribution < -0.4 is 25.1 Å². The van der Waals surface area contributed by atoms with Crippen molar-refractivity contribution in [3.05, 3.63) is 64.4 Å². The normalized spacial score (nSPS) is 10.4. The molecule has 1 heterocycles. The van der Waals surface area contributed by atoms with Gasteiger partial charge in [0.25, 0.3) is 5.56 Å². The van der Waals surface area contributed by atoms with Gasteiger partial charge in [0.2, 0.25) is 11.7 Å². The molecule has 1 amide bonds. The molecule has 0 atom stereocenters. The molecule has 34 heavy (non-hydrogen) atoms. The van der Waals surface area contributed by atoms with Gasteiger partial charge in [-0.25, -0.2) is 9.48 Å². The second-order valence-electron chi connectivity index (χ2n) is 6.97. The lowest BCUT2D eigenvalue weighted by Crippen LogP contribution is -2.29. The van der Waals surface area contributed by atoms with Gasteiger partial charge in [-0.1, -0.05) is 0 Å². The summed E-state index contributed by atoms with van der Waals surface area (Å²) in [5.41, 5.74) is 1.44. The van der Waals surface area contributed by atoms with E-state index in [1.807, 2.05) is 0 Å². The number of carbonyl (C=O) groups is 2. The van der Waals surface area contributed by atoms with Crippen molar-refractivity contribution in [1.82, 2.24) is 9.78 Å². The number of rotatable bonds is 9. The number of carbonyl (C=O) groups excluding carboxylic acids is 2. The second-order valence-corrected chi connectivity index (χ2v) is 6.97. The van der Waals surface area contributed by atoms with E-state index in [0.717, 1.165) is 4.68 Å². The summed E-state index contributed by atoms with van der Waals surface area (Å²) >= 11 is 0. The Bertz CT molecular complexity index is 1210. The molecule has 0 fully saturated rings. The van der Waals surface area contributed by atoms with Crippen LogP contribution in [0, 0.1) is 0 Å². The Kier molecular flexibility index (Phi) is 7.86. The smallest absolute Gasteiger partial charge is 0.338 e. The molecule has 1 aromatic heterocycles. The molecule has 0 saturated heterocycles. The van der Waals surface area contributed by atoms with Crippen LogP contribution in [0.5, 0.6) is 17.2 Å². The Labute approximate surface area is 196 Å². The molecule has 0 bridgehead atoms. The monoisotopic (exact) mass is 467 g/mol. The zero-order chi connectivity index (χ0) is 24.7. The van der Waals surface area contributed by atoms with Crippen molar-refractivity contribution in [2.75, 3.05) is 33.3 Å². The molecule has 10 nitrogen and oxygen atoms in total. The average Bonchev–Trinajstić information content (AvgIpc) is 2.84. The lowest BCUT2D eigenvalue weighted by molar-refractivity contribution is -0.117. The fourth-order valence-corrected chi connectivity index (χ4v) is 3.19. The Morgan fingerprint density at radius 1 is 0.941 bits per heavy atom. The van der Waals surface area contributed by atoms with Gasteiger partial charge in [0.05, 0.1) is 39.2 Å². The van der Waals surface area contributed by atoms with E-state index in [2.05, 4.69) is 10.4 Å². The highest BCUT2D eigenvalue weighted by atomic mass is 16.5. The van der Waals surface area contributed by atoms with Crippen LogP contribution in [-0.2, 0) is 16.1 Å². The fourth-order valence-electron chi connectivity index (χ4n) is 3.19. The van der Waals surface area contributed by atoms with E-state index in [4.69, 9.17) is 18.9 Å². The third-order valence-electron chi connectivity index (χ3n) is 4.80. The summed E-state index contributed by atoms with van der Waals surface area (Å²) in [7, 11) is 4.50. The third-order valence-corrected chi connectivity index (χ3v) is 4.80. The molecule has 0 aliphatic heterocycles. The number of hydrogen-bond acceptors (Lipinski definition) is 8. The number of methoxy groups -OCH3 is 3. The Morgan fingerprint density at radius 2 is 1.59 bits per heavy atom. The van der Waals surface area contributed by atoms with Gasteiger partial charge >= 0.3 is 5.97 Å². The van der Waals surface area contributed by atoms with Crippen LogP contribution in [0.3, 0.4) is 0 Å². The van der Waals surface area contributed by atoms with E-state index in [-0.39, 0.29) is 13.2 Å². The SMILES string of the molecule is CCOC(=O)c1ccc(NC(=O)Cn2nc(-c3cc(OC)c(OC)c(OC)c3)ccc2=O)cc1. The standard InChI is InChI=1S/C24H25N3O7/c1-5-34-24(30)15-6-8-17(9-7-15)25-21(28)14-27-22(29)11-10-18(26-27)16-12-19(31-2)23(33-4)20(13-16)32-3/h6-13H,5,14H2,1-4H3,(H,25,28). The van der Waals surface area contributed by atoms with Gasteiger partial charge in [-0.15, -0.1) is 0 Å². The lowest BCUT2D eigenvalue weighted by atomic mass is 10.1. The maximum Gasteiger partial charge on any atom is 0.338 e. The number of esters is 1. The number of nitrogens with zero attached hydrogens (tertiary/aromatic N) is 2. The van der Waals surface area contributed by atoms with E-state index in [0.29, 0.717) is 39.8 Å². The molecule has 0 aliphatic carbocycles. The highest BCUT2D eigenvalue weighted by Gasteiger charge is 2.16. The molecule has 0 spiro atoms. The zero-order valence-corrected chi connectivity index (χ0v) is 19.3. The van der Waals surface area contributed by atoms with Crippen LogP contribution >= 0.6 is 0 Å². The van der Waals surface area contributed by atoms with E-state index in [1.165, 1.54) is 27.4 Å². The van der Waals surface area contributed by atoms with Gasteiger partial charge in [0.15, 0.2) is 11.5 Å². The van der Waals surface area contributed by atoms with Gasteiger partial charge in [0, 0.05) is 17.3 Å². The van der Waals surface area contributed by atoms with E-state index in [9.17, 15) is 14.4 Å². The predicted octanol–water partition coefficient (Wildman–Crippen LogP) is 2.75. The highest BCUT2D eigenvalue weighted by molar-refractivity contribution is 5.93. The van der Waals surface area contributed by atoms with Crippen molar-refractivity contribution in [3.8, 4) is 28.5 Å². The lowest BCUT2D eigenvalue weighted by Gasteiger charge is -2.14. The van der Waals surface area contributed by atoms with Gasteiger partial charge in [-0.3, -0.25) is 9.59 Å². The highest BCUT2D eigenvalue weighted by Crippen LogP contribution is 2.40. The van der Waals surface area contributed by atoms with Crippen LogP contribution in [0.25, 0.3) is 11.3 Å². The Morgan fingerprint density at radius 3 is 2.15 bits per heavy atom. The van der Waals surface area contributed by atoms with Crippen molar-refractivity contribution in [2.45, 2.75) is 13.5 Å². The second kappa shape index (κ2) is 11.0. The van der Waals surface area contributed by atoms with Gasteiger partial charge in [-0.2, -0.15) is 5.10 Å². The number of nitrogens with one attached hydrogen (secondary N) is 1. The maximum atomic E-state index is 12.5. The molecule has 0 saturated carbocycles. The minimum atomic E-state index is -0.458. The summed E-state index contributed by atoms with van der Waals surface area (Å²) in [5.74, 6) is 0.386. The van der Waals surface area contributed by atoms with E-state index in [1.54, 1.807) is 49.4 Å². The van der Waals surface area contributed by atoms with Gasteiger partial charge in [-0.05, 0) is 49.4 Å². The van der Waals surface area contributed by atoms with Crippen molar-refractivity contribution >= 4 is 17.6 Å². The first-order valence-corrected chi connectivity index (χ1v) is 10.4. The predicted molar refractivity (Wildman–Crippen MR) is 125 cm³/mol. The zero-order valence-electron chi connectivity index (χ0n) is 19.3. The molecular weight excluding hydrogens is 442 g/mol. The number of ether oxygens (including phenoxy) is 4. The van der Waals surface area contributed by atoms with Crippen molar-refractivity contribution in [1.29, 1.82) is 0 Å². The Balaban J connectivity index is 1.80. The molecule has 2 aromatic carbocycles. The first-order valence-electron chi connectivity index (χ1n) is 10.4. The number of aromatic nitrogens is 2. The quantitative estimate of drug-likeness (QED) is 0.478. The summed E-state index contributed by atoms with van der Waals surface area (Å²) in [6, 6.07) is 12.5. The molecule has 178 valence electrons. The molecule has 3 rings (SSSR count). The summed E-state index contributed by atoms with van der Waals surface area (Å²) in [5, 5.41) is 7.00. The summed E-state index contributed by atoms with van der Waals surface area (Å²) in [6.07, 6.45) is 0. The minimum Gasteiger partial charge on any atom is -0.493 e. The topological polar surface area (TPSA) is 118 Å². The molecule has 3 aromatic rings. The van der Waals surface area contributed by atoms with Gasteiger partial charge in [0.1, 0.15) is 6.54 Å². The van der Waals surface area contributed by atoms with Crippen molar-refractivity contribution in [3.63, 3.8) is 0 Å².